The van der Waals surface area contributed by atoms with E-state index < -0.39 is 0 Å². The Balaban J connectivity index is 1.89. The molecule has 2 heterocycles. The van der Waals surface area contributed by atoms with Crippen LogP contribution in [0, 0.1) is 12.3 Å². The Morgan fingerprint density at radius 1 is 1.40 bits per heavy atom. The third-order valence-electron chi connectivity index (χ3n) is 3.90. The Bertz CT molecular complexity index is 622. The fourth-order valence-corrected chi connectivity index (χ4v) is 3.03. The summed E-state index contributed by atoms with van der Waals surface area (Å²) in [6, 6.07) is 3.37. The number of furan rings is 2. The van der Waals surface area contributed by atoms with Crippen LogP contribution >= 0.6 is 0 Å². The van der Waals surface area contributed by atoms with Crippen LogP contribution in [-0.4, -0.2) is 5.91 Å². The highest BCUT2D eigenvalue weighted by Crippen LogP contribution is 2.42. The average molecular weight is 273 g/mol. The quantitative estimate of drug-likeness (QED) is 0.909. The lowest BCUT2D eigenvalue weighted by Crippen LogP contribution is -2.36. The highest BCUT2D eigenvalue weighted by Gasteiger charge is 2.36. The normalized spacial score (nSPS) is 20.4. The first-order chi connectivity index (χ1) is 9.46. The second kappa shape index (κ2) is 4.54. The maximum Gasteiger partial charge on any atom is 0.287 e. The van der Waals surface area contributed by atoms with Crippen LogP contribution in [0.2, 0.25) is 0 Å². The molecule has 0 unspecified atom stereocenters. The van der Waals surface area contributed by atoms with E-state index in [1.165, 1.54) is 6.26 Å². The second-order valence-corrected chi connectivity index (χ2v) is 6.30. The zero-order chi connectivity index (χ0) is 14.3. The van der Waals surface area contributed by atoms with E-state index in [1.807, 2.05) is 6.92 Å². The smallest absolute Gasteiger partial charge is 0.287 e. The predicted octanol–water partition coefficient (Wildman–Crippen LogP) is 3.62. The first-order valence-electron chi connectivity index (χ1n) is 6.87. The molecule has 1 amide bonds. The molecule has 20 heavy (non-hydrogen) atoms. The Labute approximate surface area is 118 Å². The number of nitrogens with one attached hydrogen (secondary N) is 1. The van der Waals surface area contributed by atoms with Gasteiger partial charge in [-0.05, 0) is 36.5 Å². The van der Waals surface area contributed by atoms with Crippen molar-refractivity contribution in [2.24, 2.45) is 5.41 Å². The third kappa shape index (κ3) is 2.26. The zero-order valence-electron chi connectivity index (χ0n) is 12.0. The van der Waals surface area contributed by atoms with E-state index in [9.17, 15) is 4.79 Å². The molecule has 0 spiro atoms. The summed E-state index contributed by atoms with van der Waals surface area (Å²) in [5.41, 5.74) is 2.34. The SMILES string of the molecule is Cc1coc2c1[C@H](NC(=O)c1ccco1)CC(C)(C)C2. The van der Waals surface area contributed by atoms with Crippen molar-refractivity contribution in [3.63, 3.8) is 0 Å². The van der Waals surface area contributed by atoms with Gasteiger partial charge in [0.05, 0.1) is 18.6 Å². The van der Waals surface area contributed by atoms with E-state index in [4.69, 9.17) is 8.83 Å². The zero-order valence-corrected chi connectivity index (χ0v) is 12.0. The Morgan fingerprint density at radius 3 is 2.90 bits per heavy atom. The van der Waals surface area contributed by atoms with Crippen molar-refractivity contribution < 1.29 is 13.6 Å². The van der Waals surface area contributed by atoms with Gasteiger partial charge < -0.3 is 14.2 Å². The van der Waals surface area contributed by atoms with Gasteiger partial charge >= 0.3 is 0 Å². The maximum atomic E-state index is 12.2. The molecule has 2 aromatic rings. The number of rotatable bonds is 2. The Morgan fingerprint density at radius 2 is 2.20 bits per heavy atom. The van der Waals surface area contributed by atoms with E-state index >= 15 is 0 Å². The molecule has 106 valence electrons. The first kappa shape index (κ1) is 13.0. The standard InChI is InChI=1S/C16H19NO3/c1-10-9-20-13-8-16(2,3)7-11(14(10)13)17-15(18)12-5-4-6-19-12/h4-6,9,11H,7-8H2,1-3H3,(H,17,18)/t11-/m1/s1. The molecule has 0 bridgehead atoms. The number of fused-ring (bicyclic) bond motifs is 1. The van der Waals surface area contributed by atoms with Crippen LogP contribution < -0.4 is 5.32 Å². The van der Waals surface area contributed by atoms with Gasteiger partial charge in [0.25, 0.3) is 5.91 Å². The fourth-order valence-electron chi connectivity index (χ4n) is 3.03. The van der Waals surface area contributed by atoms with E-state index in [1.54, 1.807) is 18.4 Å². The largest absolute Gasteiger partial charge is 0.469 e. The molecule has 2 aromatic heterocycles. The molecule has 0 aromatic carbocycles. The number of aryl methyl sites for hydroxylation is 1. The number of carbonyl (C=O) groups excluding carboxylic acids is 1. The first-order valence-corrected chi connectivity index (χ1v) is 6.87. The summed E-state index contributed by atoms with van der Waals surface area (Å²) >= 11 is 0. The molecule has 1 N–H and O–H groups in total. The van der Waals surface area contributed by atoms with Gasteiger partial charge in [-0.3, -0.25) is 4.79 Å². The van der Waals surface area contributed by atoms with Crippen LogP contribution in [0.5, 0.6) is 0 Å². The molecule has 0 radical (unpaired) electrons. The van der Waals surface area contributed by atoms with Crippen molar-refractivity contribution in [2.75, 3.05) is 0 Å². The van der Waals surface area contributed by atoms with E-state index in [2.05, 4.69) is 19.2 Å². The van der Waals surface area contributed by atoms with E-state index in [0.29, 0.717) is 5.76 Å². The monoisotopic (exact) mass is 273 g/mol. The van der Waals surface area contributed by atoms with Gasteiger partial charge in [-0.2, -0.15) is 0 Å². The molecule has 1 aliphatic carbocycles. The maximum absolute atomic E-state index is 12.2. The Hall–Kier alpha value is -1.97. The summed E-state index contributed by atoms with van der Waals surface area (Å²) in [6.45, 7) is 6.41. The number of carbonyl (C=O) groups is 1. The van der Waals surface area contributed by atoms with Crippen LogP contribution in [0.3, 0.4) is 0 Å². The lowest BCUT2D eigenvalue weighted by Gasteiger charge is -2.35. The summed E-state index contributed by atoms with van der Waals surface area (Å²) in [5.74, 6) is 1.16. The van der Waals surface area contributed by atoms with Gasteiger partial charge in [-0.15, -0.1) is 0 Å². The van der Waals surface area contributed by atoms with Crippen LogP contribution in [0.1, 0.15) is 53.8 Å². The van der Waals surface area contributed by atoms with E-state index in [-0.39, 0.29) is 17.4 Å². The lowest BCUT2D eigenvalue weighted by atomic mass is 9.74. The minimum atomic E-state index is -0.177. The van der Waals surface area contributed by atoms with Gasteiger partial charge in [0.1, 0.15) is 5.76 Å². The summed E-state index contributed by atoms with van der Waals surface area (Å²) < 4.78 is 10.8. The molecule has 4 nitrogen and oxygen atoms in total. The van der Waals surface area contributed by atoms with Crippen LogP contribution in [0.15, 0.2) is 33.5 Å². The van der Waals surface area contributed by atoms with Gasteiger partial charge in [0.2, 0.25) is 0 Å². The van der Waals surface area contributed by atoms with Gasteiger partial charge in [0, 0.05) is 12.0 Å². The van der Waals surface area contributed by atoms with Crippen molar-refractivity contribution >= 4 is 5.91 Å². The molecule has 0 fully saturated rings. The van der Waals surface area contributed by atoms with Crippen molar-refractivity contribution in [3.8, 4) is 0 Å². The Kier molecular flexibility index (Phi) is 2.96. The van der Waals surface area contributed by atoms with Crippen molar-refractivity contribution in [3.05, 3.63) is 47.3 Å². The van der Waals surface area contributed by atoms with Crippen LogP contribution in [-0.2, 0) is 6.42 Å². The van der Waals surface area contributed by atoms with Crippen molar-refractivity contribution in [1.29, 1.82) is 0 Å². The molecule has 3 rings (SSSR count). The van der Waals surface area contributed by atoms with Gasteiger partial charge in [-0.25, -0.2) is 0 Å². The highest BCUT2D eigenvalue weighted by atomic mass is 16.3. The molecular weight excluding hydrogens is 254 g/mol. The summed E-state index contributed by atoms with van der Waals surface area (Å²) in [6.07, 6.45) is 5.09. The van der Waals surface area contributed by atoms with E-state index in [0.717, 1.165) is 29.7 Å². The minimum Gasteiger partial charge on any atom is -0.469 e. The van der Waals surface area contributed by atoms with Crippen molar-refractivity contribution in [2.45, 2.75) is 39.7 Å². The number of amides is 1. The molecule has 1 atom stereocenters. The molecule has 0 aliphatic heterocycles. The van der Waals surface area contributed by atoms with Gasteiger partial charge in [0.15, 0.2) is 5.76 Å². The molecule has 1 aliphatic rings. The molecule has 0 saturated heterocycles. The second-order valence-electron chi connectivity index (χ2n) is 6.30. The summed E-state index contributed by atoms with van der Waals surface area (Å²) in [4.78, 5) is 12.2. The minimum absolute atomic E-state index is 0.0231. The van der Waals surface area contributed by atoms with Crippen LogP contribution in [0.25, 0.3) is 0 Å². The molecular formula is C16H19NO3. The molecule has 0 saturated carbocycles. The summed E-state index contributed by atoms with van der Waals surface area (Å²) in [5, 5.41) is 3.07. The predicted molar refractivity (Wildman–Crippen MR) is 74.5 cm³/mol. The van der Waals surface area contributed by atoms with Crippen LogP contribution in [0.4, 0.5) is 0 Å². The molecule has 4 heteroatoms. The van der Waals surface area contributed by atoms with Crippen molar-refractivity contribution in [1.82, 2.24) is 5.32 Å². The topological polar surface area (TPSA) is 55.4 Å². The third-order valence-corrected chi connectivity index (χ3v) is 3.90. The average Bonchev–Trinajstić information content (AvgIpc) is 2.97. The summed E-state index contributed by atoms with van der Waals surface area (Å²) in [7, 11) is 0. The fraction of sp³-hybridized carbons (Fsp3) is 0.438. The number of hydrogen-bond acceptors (Lipinski definition) is 3. The lowest BCUT2D eigenvalue weighted by molar-refractivity contribution is 0.0889. The highest BCUT2D eigenvalue weighted by molar-refractivity contribution is 5.91. The number of hydrogen-bond donors (Lipinski definition) is 1. The van der Waals surface area contributed by atoms with Gasteiger partial charge in [-0.1, -0.05) is 13.8 Å².